The lowest BCUT2D eigenvalue weighted by Crippen LogP contribution is -2.52. The molecule has 3 rings (SSSR count). The van der Waals surface area contributed by atoms with Crippen molar-refractivity contribution in [1.29, 1.82) is 0 Å². The summed E-state index contributed by atoms with van der Waals surface area (Å²) in [6, 6.07) is 2.30. The number of aromatic nitrogens is 1. The molecule has 0 bridgehead atoms. The van der Waals surface area contributed by atoms with E-state index < -0.39 is 0 Å². The van der Waals surface area contributed by atoms with Gasteiger partial charge in [-0.05, 0) is 58.1 Å². The summed E-state index contributed by atoms with van der Waals surface area (Å²) in [5.41, 5.74) is 9.73. The Morgan fingerprint density at radius 3 is 2.86 bits per heavy atom. The van der Waals surface area contributed by atoms with E-state index in [1.165, 1.54) is 29.7 Å². The lowest BCUT2D eigenvalue weighted by molar-refractivity contribution is -0.0752. The third-order valence-electron chi connectivity index (χ3n) is 4.45. The van der Waals surface area contributed by atoms with Crippen LogP contribution >= 0.6 is 0 Å². The minimum atomic E-state index is -0.138. The molecule has 2 N–H and O–H groups in total. The van der Waals surface area contributed by atoms with Crippen molar-refractivity contribution >= 4 is 5.82 Å². The van der Waals surface area contributed by atoms with Crippen molar-refractivity contribution in [2.75, 3.05) is 18.0 Å². The molecule has 0 radical (unpaired) electrons. The number of hydrogen-bond donors (Lipinski definition) is 1. The summed E-state index contributed by atoms with van der Waals surface area (Å²) in [5, 5.41) is 0. The third-order valence-corrected chi connectivity index (χ3v) is 4.45. The average molecular weight is 289 g/mol. The van der Waals surface area contributed by atoms with E-state index in [1.807, 2.05) is 0 Å². The van der Waals surface area contributed by atoms with Gasteiger partial charge in [0.05, 0.1) is 11.7 Å². The van der Waals surface area contributed by atoms with Crippen LogP contribution in [0.25, 0.3) is 0 Å². The molecule has 1 aromatic heterocycles. The number of pyridine rings is 1. The second-order valence-corrected chi connectivity index (χ2v) is 7.06. The highest BCUT2D eigenvalue weighted by molar-refractivity contribution is 5.51. The number of nitrogens with zero attached hydrogens (tertiary/aromatic N) is 2. The molecule has 0 spiro atoms. The molecule has 1 aliphatic heterocycles. The first-order chi connectivity index (χ1) is 9.98. The highest BCUT2D eigenvalue weighted by Gasteiger charge is 2.33. The topological polar surface area (TPSA) is 51.4 Å². The molecule has 1 saturated heterocycles. The van der Waals surface area contributed by atoms with E-state index in [9.17, 15) is 0 Å². The Hall–Kier alpha value is -1.13. The monoisotopic (exact) mass is 289 g/mol. The molecule has 1 fully saturated rings. The molecule has 21 heavy (non-hydrogen) atoms. The van der Waals surface area contributed by atoms with Crippen LogP contribution in [0.3, 0.4) is 0 Å². The second-order valence-electron chi connectivity index (χ2n) is 7.06. The minimum Gasteiger partial charge on any atom is -0.369 e. The molecule has 1 unspecified atom stereocenters. The largest absolute Gasteiger partial charge is 0.369 e. The molecule has 0 amide bonds. The zero-order valence-electron chi connectivity index (χ0n) is 13.5. The van der Waals surface area contributed by atoms with Crippen LogP contribution < -0.4 is 10.6 Å². The average Bonchev–Trinajstić information content (AvgIpc) is 2.43. The van der Waals surface area contributed by atoms with Gasteiger partial charge in [0.15, 0.2) is 0 Å². The Bertz CT molecular complexity index is 527. The van der Waals surface area contributed by atoms with Crippen molar-refractivity contribution in [1.82, 2.24) is 4.98 Å². The van der Waals surface area contributed by atoms with Gasteiger partial charge in [-0.3, -0.25) is 0 Å². The number of hydrogen-bond acceptors (Lipinski definition) is 4. The molecule has 1 aliphatic carbocycles. The smallest absolute Gasteiger partial charge is 0.133 e. The van der Waals surface area contributed by atoms with Crippen molar-refractivity contribution in [3.8, 4) is 0 Å². The molecule has 1 atom stereocenters. The van der Waals surface area contributed by atoms with E-state index in [2.05, 4.69) is 31.7 Å². The molecule has 2 heterocycles. The summed E-state index contributed by atoms with van der Waals surface area (Å²) in [5.74, 6) is 1.08. The van der Waals surface area contributed by atoms with Crippen LogP contribution in [0.4, 0.5) is 5.82 Å². The molecule has 0 aromatic carbocycles. The molecular formula is C17H27N3O. The Labute approximate surface area is 127 Å². The molecule has 2 aliphatic rings. The maximum atomic E-state index is 6.01. The Morgan fingerprint density at radius 2 is 2.14 bits per heavy atom. The maximum Gasteiger partial charge on any atom is 0.133 e. The van der Waals surface area contributed by atoms with Gasteiger partial charge in [0.2, 0.25) is 0 Å². The van der Waals surface area contributed by atoms with Crippen LogP contribution in [0, 0.1) is 0 Å². The van der Waals surface area contributed by atoms with E-state index in [-0.39, 0.29) is 11.7 Å². The SMILES string of the molecule is CC1CN(c2nc3c(cc2CN)CCCC3)CC(C)(C)O1. The van der Waals surface area contributed by atoms with Gasteiger partial charge in [0.1, 0.15) is 5.82 Å². The highest BCUT2D eigenvalue weighted by atomic mass is 16.5. The van der Waals surface area contributed by atoms with Gasteiger partial charge in [0, 0.05) is 30.9 Å². The van der Waals surface area contributed by atoms with Crippen LogP contribution in [0.2, 0.25) is 0 Å². The van der Waals surface area contributed by atoms with Crippen LogP contribution in [0.5, 0.6) is 0 Å². The van der Waals surface area contributed by atoms with Gasteiger partial charge < -0.3 is 15.4 Å². The summed E-state index contributed by atoms with van der Waals surface area (Å²) in [4.78, 5) is 7.36. The summed E-state index contributed by atoms with van der Waals surface area (Å²) in [6.45, 7) is 8.75. The van der Waals surface area contributed by atoms with Crippen LogP contribution in [-0.4, -0.2) is 29.8 Å². The van der Waals surface area contributed by atoms with Crippen molar-refractivity contribution < 1.29 is 4.74 Å². The summed E-state index contributed by atoms with van der Waals surface area (Å²) < 4.78 is 6.01. The fraction of sp³-hybridized carbons (Fsp3) is 0.706. The van der Waals surface area contributed by atoms with E-state index in [0.29, 0.717) is 6.54 Å². The quantitative estimate of drug-likeness (QED) is 0.908. The molecule has 0 saturated carbocycles. The van der Waals surface area contributed by atoms with Crippen LogP contribution in [-0.2, 0) is 24.1 Å². The molecule has 1 aromatic rings. The lowest BCUT2D eigenvalue weighted by Gasteiger charge is -2.43. The minimum absolute atomic E-state index is 0.138. The standard InChI is InChI=1S/C17H27N3O/c1-12-10-20(11-17(2,3)21-12)16-14(9-18)8-13-6-4-5-7-15(13)19-16/h8,12H,4-7,9-11,18H2,1-3H3. The first kappa shape index (κ1) is 14.8. The number of rotatable bonds is 2. The molecule has 4 heteroatoms. The zero-order valence-corrected chi connectivity index (χ0v) is 13.5. The fourth-order valence-electron chi connectivity index (χ4n) is 3.71. The van der Waals surface area contributed by atoms with E-state index in [0.717, 1.165) is 31.7 Å². The van der Waals surface area contributed by atoms with Gasteiger partial charge in [-0.2, -0.15) is 0 Å². The second kappa shape index (κ2) is 5.58. The van der Waals surface area contributed by atoms with Crippen molar-refractivity contribution in [2.45, 2.75) is 64.7 Å². The number of aryl methyl sites for hydroxylation is 2. The number of ether oxygens (including phenoxy) is 1. The highest BCUT2D eigenvalue weighted by Crippen LogP contribution is 2.30. The molecular weight excluding hydrogens is 262 g/mol. The van der Waals surface area contributed by atoms with E-state index in [1.54, 1.807) is 0 Å². The predicted molar refractivity (Wildman–Crippen MR) is 85.6 cm³/mol. The third kappa shape index (κ3) is 3.06. The zero-order chi connectivity index (χ0) is 15.0. The summed E-state index contributed by atoms with van der Waals surface area (Å²) in [6.07, 6.45) is 5.01. The number of nitrogens with two attached hydrogens (primary N) is 1. The normalized spacial score (nSPS) is 24.8. The number of morpholine rings is 1. The van der Waals surface area contributed by atoms with Crippen molar-refractivity contribution in [3.05, 3.63) is 22.9 Å². The van der Waals surface area contributed by atoms with Gasteiger partial charge in [-0.1, -0.05) is 0 Å². The van der Waals surface area contributed by atoms with Gasteiger partial charge in [-0.25, -0.2) is 4.98 Å². The Kier molecular flexibility index (Phi) is 3.93. The first-order valence-electron chi connectivity index (χ1n) is 8.13. The maximum absolute atomic E-state index is 6.01. The summed E-state index contributed by atoms with van der Waals surface area (Å²) >= 11 is 0. The Balaban J connectivity index is 1.96. The predicted octanol–water partition coefficient (Wildman–Crippen LogP) is 2.42. The Morgan fingerprint density at radius 1 is 1.38 bits per heavy atom. The number of anilines is 1. The van der Waals surface area contributed by atoms with Gasteiger partial charge in [0.25, 0.3) is 0 Å². The summed E-state index contributed by atoms with van der Waals surface area (Å²) in [7, 11) is 0. The van der Waals surface area contributed by atoms with E-state index >= 15 is 0 Å². The number of fused-ring (bicyclic) bond motifs is 1. The van der Waals surface area contributed by atoms with E-state index in [4.69, 9.17) is 15.5 Å². The first-order valence-corrected chi connectivity index (χ1v) is 8.13. The molecule has 4 nitrogen and oxygen atoms in total. The molecule has 116 valence electrons. The lowest BCUT2D eigenvalue weighted by atomic mass is 9.94. The van der Waals surface area contributed by atoms with Crippen molar-refractivity contribution in [2.24, 2.45) is 5.73 Å². The van der Waals surface area contributed by atoms with Crippen LogP contribution in [0.15, 0.2) is 6.07 Å². The van der Waals surface area contributed by atoms with Gasteiger partial charge in [-0.15, -0.1) is 0 Å². The fourth-order valence-corrected chi connectivity index (χ4v) is 3.71. The van der Waals surface area contributed by atoms with Gasteiger partial charge >= 0.3 is 0 Å². The van der Waals surface area contributed by atoms with Crippen LogP contribution in [0.1, 0.15) is 50.4 Å². The van der Waals surface area contributed by atoms with Crippen molar-refractivity contribution in [3.63, 3.8) is 0 Å².